The van der Waals surface area contributed by atoms with Gasteiger partial charge >= 0.3 is 0 Å². The molecule has 0 radical (unpaired) electrons. The van der Waals surface area contributed by atoms with E-state index in [4.69, 9.17) is 0 Å². The largest absolute Gasteiger partial charge is 0.272 e. The number of carbonyl (C=O) groups excluding carboxylic acids is 1. The second kappa shape index (κ2) is 7.63. The Kier molecular flexibility index (Phi) is 5.10. The van der Waals surface area contributed by atoms with Gasteiger partial charge in [-0.05, 0) is 18.1 Å². The minimum absolute atomic E-state index is 0.171. The number of nitriles is 2. The summed E-state index contributed by atoms with van der Waals surface area (Å²) < 4.78 is 0. The van der Waals surface area contributed by atoms with Crippen LogP contribution in [0.5, 0.6) is 0 Å². The van der Waals surface area contributed by atoms with Gasteiger partial charge in [0.1, 0.15) is 5.92 Å². The van der Waals surface area contributed by atoms with Crippen molar-refractivity contribution in [1.82, 2.24) is 5.01 Å². The second-order valence-electron chi connectivity index (χ2n) is 6.27. The Morgan fingerprint density at radius 1 is 1.04 bits per heavy atom. The van der Waals surface area contributed by atoms with Gasteiger partial charge in [0.15, 0.2) is 0 Å². The van der Waals surface area contributed by atoms with Gasteiger partial charge in [-0.2, -0.15) is 15.6 Å². The van der Waals surface area contributed by atoms with Crippen molar-refractivity contribution in [3.05, 3.63) is 71.8 Å². The Morgan fingerprint density at radius 2 is 1.62 bits per heavy atom. The lowest BCUT2D eigenvalue weighted by Crippen LogP contribution is -2.34. The van der Waals surface area contributed by atoms with Crippen molar-refractivity contribution in [2.45, 2.75) is 19.4 Å². The Bertz CT molecular complexity index is 879. The van der Waals surface area contributed by atoms with Crippen LogP contribution in [0.15, 0.2) is 65.8 Å². The van der Waals surface area contributed by atoms with Gasteiger partial charge in [0.2, 0.25) is 0 Å². The topological polar surface area (TPSA) is 80.2 Å². The highest BCUT2D eigenvalue weighted by Gasteiger charge is 2.43. The molecule has 0 bridgehead atoms. The van der Waals surface area contributed by atoms with E-state index in [-0.39, 0.29) is 5.91 Å². The highest BCUT2D eigenvalue weighted by Crippen LogP contribution is 2.37. The summed E-state index contributed by atoms with van der Waals surface area (Å²) in [4.78, 5) is 13.1. The summed E-state index contributed by atoms with van der Waals surface area (Å²) in [5, 5.41) is 24.8. The minimum atomic E-state index is -0.923. The molecule has 0 saturated heterocycles. The fourth-order valence-electron chi connectivity index (χ4n) is 3.37. The normalized spacial score (nSPS) is 17.5. The van der Waals surface area contributed by atoms with Gasteiger partial charge in [0, 0.05) is 11.6 Å². The zero-order valence-electron chi connectivity index (χ0n) is 14.4. The van der Waals surface area contributed by atoms with Gasteiger partial charge in [0.25, 0.3) is 5.91 Å². The molecule has 0 N–H and O–H groups in total. The van der Waals surface area contributed by atoms with Crippen LogP contribution in [0, 0.1) is 34.5 Å². The highest BCUT2D eigenvalue weighted by molar-refractivity contribution is 6.07. The number of benzene rings is 2. The zero-order chi connectivity index (χ0) is 18.5. The van der Waals surface area contributed by atoms with Gasteiger partial charge in [-0.25, -0.2) is 5.01 Å². The molecule has 3 rings (SSSR count). The zero-order valence-corrected chi connectivity index (χ0v) is 14.4. The Labute approximate surface area is 152 Å². The van der Waals surface area contributed by atoms with E-state index in [0.717, 1.165) is 11.1 Å². The van der Waals surface area contributed by atoms with Crippen LogP contribution < -0.4 is 0 Å². The molecule has 0 saturated carbocycles. The van der Waals surface area contributed by atoms with Crippen LogP contribution in [0.1, 0.15) is 24.0 Å². The van der Waals surface area contributed by atoms with Crippen molar-refractivity contribution in [2.75, 3.05) is 0 Å². The van der Waals surface area contributed by atoms with Crippen LogP contribution in [0.4, 0.5) is 0 Å². The molecule has 1 heterocycles. The summed E-state index contributed by atoms with van der Waals surface area (Å²) in [6.07, 6.45) is 0. The summed E-state index contributed by atoms with van der Waals surface area (Å²) in [7, 11) is 0. The molecule has 0 spiro atoms. The molecule has 1 aliphatic heterocycles. The molecule has 0 fully saturated rings. The van der Waals surface area contributed by atoms with Gasteiger partial charge in [0.05, 0.1) is 24.6 Å². The van der Waals surface area contributed by atoms with Crippen molar-refractivity contribution < 1.29 is 4.79 Å². The number of nitrogens with zero attached hydrogens (tertiary/aromatic N) is 4. The Balaban J connectivity index is 1.93. The van der Waals surface area contributed by atoms with Crippen LogP contribution in [-0.4, -0.2) is 16.6 Å². The van der Waals surface area contributed by atoms with Crippen molar-refractivity contribution in [3.8, 4) is 12.1 Å². The molecule has 5 heteroatoms. The Morgan fingerprint density at radius 3 is 2.19 bits per heavy atom. The van der Waals surface area contributed by atoms with E-state index in [2.05, 4.69) is 5.10 Å². The van der Waals surface area contributed by atoms with Crippen molar-refractivity contribution in [2.24, 2.45) is 16.9 Å². The smallest absolute Gasteiger partial charge is 0.252 e. The molecule has 2 aromatic rings. The first-order valence-electron chi connectivity index (χ1n) is 8.40. The van der Waals surface area contributed by atoms with E-state index in [1.165, 1.54) is 5.01 Å². The summed E-state index contributed by atoms with van der Waals surface area (Å²) in [5.41, 5.74) is 2.41. The van der Waals surface area contributed by atoms with Crippen molar-refractivity contribution >= 4 is 11.6 Å². The quantitative estimate of drug-likeness (QED) is 0.834. The lowest BCUT2D eigenvalue weighted by atomic mass is 9.76. The SMILES string of the molecule is CC1=NN(Cc2ccccc2)C(=O)[C@@H]1[C@@H](c1ccccc1)C(C#N)C#N. The first-order chi connectivity index (χ1) is 12.7. The van der Waals surface area contributed by atoms with Gasteiger partial charge < -0.3 is 0 Å². The molecule has 26 heavy (non-hydrogen) atoms. The Hall–Kier alpha value is -3.44. The maximum atomic E-state index is 13.1. The molecule has 0 unspecified atom stereocenters. The number of carbonyl (C=O) groups is 1. The number of hydrazone groups is 1. The summed E-state index contributed by atoms with van der Waals surface area (Å²) in [5.74, 6) is -2.24. The van der Waals surface area contributed by atoms with Crippen LogP contribution in [0.2, 0.25) is 0 Å². The van der Waals surface area contributed by atoms with Gasteiger partial charge in [-0.15, -0.1) is 0 Å². The van der Waals surface area contributed by atoms with E-state index in [0.29, 0.717) is 12.3 Å². The average molecular weight is 342 g/mol. The molecule has 128 valence electrons. The molecule has 2 atom stereocenters. The lowest BCUT2D eigenvalue weighted by molar-refractivity contribution is -0.133. The summed E-state index contributed by atoms with van der Waals surface area (Å²) >= 11 is 0. The van der Waals surface area contributed by atoms with E-state index in [1.807, 2.05) is 72.8 Å². The molecule has 1 aliphatic rings. The third-order valence-corrected chi connectivity index (χ3v) is 4.61. The molecule has 1 amide bonds. The predicted octanol–water partition coefficient (Wildman–Crippen LogP) is 3.47. The highest BCUT2D eigenvalue weighted by atomic mass is 16.2. The van der Waals surface area contributed by atoms with Crippen molar-refractivity contribution in [3.63, 3.8) is 0 Å². The molecular weight excluding hydrogens is 324 g/mol. The molecule has 2 aromatic carbocycles. The monoisotopic (exact) mass is 342 g/mol. The van der Waals surface area contributed by atoms with Crippen LogP contribution in [0.3, 0.4) is 0 Å². The average Bonchev–Trinajstić information content (AvgIpc) is 2.94. The molecular formula is C21H18N4O. The number of amides is 1. The van der Waals surface area contributed by atoms with E-state index < -0.39 is 17.8 Å². The fourth-order valence-corrected chi connectivity index (χ4v) is 3.37. The fraction of sp³-hybridized carbons (Fsp3) is 0.238. The van der Waals surface area contributed by atoms with Crippen LogP contribution in [0.25, 0.3) is 0 Å². The van der Waals surface area contributed by atoms with Crippen LogP contribution in [-0.2, 0) is 11.3 Å². The van der Waals surface area contributed by atoms with Crippen molar-refractivity contribution in [1.29, 1.82) is 10.5 Å². The maximum Gasteiger partial charge on any atom is 0.252 e. The van der Waals surface area contributed by atoms with E-state index in [1.54, 1.807) is 6.92 Å². The van der Waals surface area contributed by atoms with Gasteiger partial charge in [-0.1, -0.05) is 60.7 Å². The molecule has 5 nitrogen and oxygen atoms in total. The van der Waals surface area contributed by atoms with Crippen LogP contribution >= 0.6 is 0 Å². The lowest BCUT2D eigenvalue weighted by Gasteiger charge is -2.24. The third kappa shape index (κ3) is 3.34. The molecule has 0 aliphatic carbocycles. The minimum Gasteiger partial charge on any atom is -0.272 e. The summed E-state index contributed by atoms with van der Waals surface area (Å²) in [6.45, 7) is 2.16. The number of hydrogen-bond acceptors (Lipinski definition) is 4. The number of hydrogen-bond donors (Lipinski definition) is 0. The summed E-state index contributed by atoms with van der Waals surface area (Å²) in [6, 6.07) is 23.0. The first kappa shape index (κ1) is 17.4. The van der Waals surface area contributed by atoms with E-state index >= 15 is 0 Å². The number of rotatable bonds is 5. The predicted molar refractivity (Wildman–Crippen MR) is 97.5 cm³/mol. The van der Waals surface area contributed by atoms with Gasteiger partial charge in [-0.3, -0.25) is 4.79 Å². The maximum absolute atomic E-state index is 13.1. The second-order valence-corrected chi connectivity index (χ2v) is 6.27. The first-order valence-corrected chi connectivity index (χ1v) is 8.40. The van der Waals surface area contributed by atoms with E-state index in [9.17, 15) is 15.3 Å². The third-order valence-electron chi connectivity index (χ3n) is 4.61. The standard InChI is InChI=1S/C21H18N4O/c1-15-19(20(18(12-22)13-23)17-10-6-3-7-11-17)21(26)25(24-15)14-16-8-4-2-5-9-16/h2-11,18-20H,14H2,1H3/t19-,20-/m0/s1. The molecule has 0 aromatic heterocycles.